The first kappa shape index (κ1) is 29.9. The van der Waals surface area contributed by atoms with Crippen molar-refractivity contribution in [3.63, 3.8) is 0 Å². The van der Waals surface area contributed by atoms with Crippen LogP contribution in [0.25, 0.3) is 105 Å². The molecule has 12 rings (SSSR count). The van der Waals surface area contributed by atoms with E-state index in [2.05, 4.69) is 155 Å². The first-order chi connectivity index (χ1) is 27.3. The van der Waals surface area contributed by atoms with Crippen LogP contribution in [0.15, 0.2) is 182 Å². The molecule has 0 saturated carbocycles. The molecule has 0 radical (unpaired) electrons. The van der Waals surface area contributed by atoms with Crippen molar-refractivity contribution in [1.82, 2.24) is 28.7 Å². The molecule has 4 heterocycles. The molecule has 0 aliphatic heterocycles. The van der Waals surface area contributed by atoms with E-state index < -0.39 is 0 Å². The number of hydrogen-bond donors (Lipinski definition) is 0. The smallest absolute Gasteiger partial charge is 0.182 e. The minimum atomic E-state index is 0.648. The number of hydrogen-bond acceptors (Lipinski definition) is 3. The summed E-state index contributed by atoms with van der Waals surface area (Å²) in [6, 6.07) is 64.4. The lowest BCUT2D eigenvalue weighted by Gasteiger charge is -2.11. The molecule has 0 bridgehead atoms. The molecule has 6 nitrogen and oxygen atoms in total. The third kappa shape index (κ3) is 4.39. The van der Waals surface area contributed by atoms with Crippen molar-refractivity contribution < 1.29 is 0 Å². The van der Waals surface area contributed by atoms with Crippen molar-refractivity contribution in [2.24, 2.45) is 0 Å². The van der Waals surface area contributed by atoms with Crippen molar-refractivity contribution in [2.75, 3.05) is 0 Å². The fourth-order valence-electron chi connectivity index (χ4n) is 8.60. The first-order valence-electron chi connectivity index (χ1n) is 18.5. The van der Waals surface area contributed by atoms with Crippen LogP contribution in [0.2, 0.25) is 0 Å². The fourth-order valence-corrected chi connectivity index (χ4v) is 8.60. The normalized spacial score (nSPS) is 12.0. The zero-order chi connectivity index (χ0) is 36.0. The lowest BCUT2D eigenvalue weighted by molar-refractivity contribution is 1.00. The predicted octanol–water partition coefficient (Wildman–Crippen LogP) is 12.0. The van der Waals surface area contributed by atoms with Crippen LogP contribution in [0, 0.1) is 0 Å². The Morgan fingerprint density at radius 1 is 0.400 bits per heavy atom. The second kappa shape index (κ2) is 11.5. The van der Waals surface area contributed by atoms with Crippen molar-refractivity contribution in [1.29, 1.82) is 0 Å². The number of aromatic nitrogens is 6. The maximum atomic E-state index is 5.19. The van der Waals surface area contributed by atoms with Gasteiger partial charge in [0, 0.05) is 44.0 Å². The zero-order valence-corrected chi connectivity index (χ0v) is 29.5. The molecule has 55 heavy (non-hydrogen) atoms. The maximum absolute atomic E-state index is 5.19. The highest BCUT2D eigenvalue weighted by molar-refractivity contribution is 6.27. The molecule has 0 spiro atoms. The Morgan fingerprint density at radius 3 is 1.95 bits per heavy atom. The lowest BCUT2D eigenvalue weighted by atomic mass is 10.0. The molecule has 12 aromatic rings. The van der Waals surface area contributed by atoms with Crippen LogP contribution in [0.4, 0.5) is 0 Å². The van der Waals surface area contributed by atoms with Gasteiger partial charge in [0.05, 0.1) is 33.1 Å². The van der Waals surface area contributed by atoms with E-state index in [9.17, 15) is 0 Å². The monoisotopic (exact) mass is 702 g/mol. The van der Waals surface area contributed by atoms with Gasteiger partial charge in [-0.1, -0.05) is 121 Å². The maximum Gasteiger partial charge on any atom is 0.182 e. The summed E-state index contributed by atoms with van der Waals surface area (Å²) < 4.78 is 6.79. The predicted molar refractivity (Wildman–Crippen MR) is 225 cm³/mol. The van der Waals surface area contributed by atoms with Gasteiger partial charge in [-0.3, -0.25) is 0 Å². The van der Waals surface area contributed by atoms with E-state index in [1.54, 1.807) is 0 Å². The van der Waals surface area contributed by atoms with Crippen molar-refractivity contribution in [3.05, 3.63) is 182 Å². The number of benzene rings is 8. The molecular formula is C49H30N6. The summed E-state index contributed by atoms with van der Waals surface area (Å²) in [6.07, 6.45) is 0. The van der Waals surface area contributed by atoms with E-state index >= 15 is 0 Å². The standard InChI is InChI=1S/C49H30N6/c1-3-14-31(15-4-1)46-49-51-48(52-55(49)42-25-12-10-23-40(42)50-46)34-18-13-21-36(28-34)54-41-24-11-9-22-37(41)38-26-27-43-45(47(38)54)39-29-32-16-7-8-17-33(32)30-44(39)53(43)35-19-5-2-6-20-35/h1-30H. The van der Waals surface area contributed by atoms with Gasteiger partial charge in [0.15, 0.2) is 11.5 Å². The minimum Gasteiger partial charge on any atom is -0.309 e. The zero-order valence-electron chi connectivity index (χ0n) is 29.5. The molecular weight excluding hydrogens is 673 g/mol. The SMILES string of the molecule is c1ccc(-c2nc3ccccc3n3nc(-c4cccc(-n5c6ccccc6c6ccc7c(c8cc9ccccc9cc8n7-c7ccccc7)c65)c4)nc23)cc1. The van der Waals surface area contributed by atoms with Gasteiger partial charge in [0.1, 0.15) is 5.69 Å². The van der Waals surface area contributed by atoms with E-state index in [-0.39, 0.29) is 0 Å². The highest BCUT2D eigenvalue weighted by Gasteiger charge is 2.22. The Hall–Kier alpha value is -7.57. The summed E-state index contributed by atoms with van der Waals surface area (Å²) in [4.78, 5) is 10.3. The summed E-state index contributed by atoms with van der Waals surface area (Å²) in [6.45, 7) is 0. The van der Waals surface area contributed by atoms with Crippen molar-refractivity contribution in [3.8, 4) is 34.0 Å². The highest BCUT2D eigenvalue weighted by Crippen LogP contribution is 2.43. The van der Waals surface area contributed by atoms with Crippen molar-refractivity contribution >= 4 is 71.1 Å². The van der Waals surface area contributed by atoms with Crippen molar-refractivity contribution in [2.45, 2.75) is 0 Å². The molecule has 0 unspecified atom stereocenters. The molecule has 0 amide bonds. The molecule has 0 saturated heterocycles. The van der Waals surface area contributed by atoms with E-state index in [0.717, 1.165) is 50.4 Å². The minimum absolute atomic E-state index is 0.648. The first-order valence-corrected chi connectivity index (χ1v) is 18.5. The van der Waals surface area contributed by atoms with Gasteiger partial charge in [-0.15, -0.1) is 5.10 Å². The van der Waals surface area contributed by atoms with Crippen LogP contribution >= 0.6 is 0 Å². The summed E-state index contributed by atoms with van der Waals surface area (Å²) in [5.41, 5.74) is 12.1. The van der Waals surface area contributed by atoms with Gasteiger partial charge >= 0.3 is 0 Å². The molecule has 0 aliphatic carbocycles. The van der Waals surface area contributed by atoms with Crippen LogP contribution in [-0.2, 0) is 0 Å². The van der Waals surface area contributed by atoms with Gasteiger partial charge in [0.25, 0.3) is 0 Å². The Bertz CT molecular complexity index is 3480. The van der Waals surface area contributed by atoms with Crippen LogP contribution in [-0.4, -0.2) is 28.7 Å². The van der Waals surface area contributed by atoms with Crippen LogP contribution in [0.1, 0.15) is 0 Å². The van der Waals surface area contributed by atoms with E-state index in [0.29, 0.717) is 5.82 Å². The second-order valence-corrected chi connectivity index (χ2v) is 14.1. The van der Waals surface area contributed by atoms with Gasteiger partial charge in [-0.25, -0.2) is 14.5 Å². The molecule has 0 fully saturated rings. The molecule has 4 aromatic heterocycles. The number of fused-ring (bicyclic) bond motifs is 11. The summed E-state index contributed by atoms with van der Waals surface area (Å²) in [5, 5.41) is 12.5. The lowest BCUT2D eigenvalue weighted by Crippen LogP contribution is -1.97. The molecule has 256 valence electrons. The Morgan fingerprint density at radius 2 is 1.09 bits per heavy atom. The topological polar surface area (TPSA) is 52.9 Å². The molecule has 8 aromatic carbocycles. The Balaban J connectivity index is 1.16. The van der Waals surface area contributed by atoms with Crippen LogP contribution in [0.3, 0.4) is 0 Å². The summed E-state index contributed by atoms with van der Waals surface area (Å²) >= 11 is 0. The third-order valence-electron chi connectivity index (χ3n) is 11.0. The quantitative estimate of drug-likeness (QED) is 0.183. The largest absolute Gasteiger partial charge is 0.309 e. The van der Waals surface area contributed by atoms with Crippen LogP contribution < -0.4 is 0 Å². The average molecular weight is 703 g/mol. The van der Waals surface area contributed by atoms with Gasteiger partial charge < -0.3 is 9.13 Å². The summed E-state index contributed by atoms with van der Waals surface area (Å²) in [7, 11) is 0. The van der Waals surface area contributed by atoms with Crippen LogP contribution in [0.5, 0.6) is 0 Å². The molecule has 0 N–H and O–H groups in total. The number of nitrogens with zero attached hydrogens (tertiary/aromatic N) is 6. The van der Waals surface area contributed by atoms with Gasteiger partial charge in [0.2, 0.25) is 0 Å². The van der Waals surface area contributed by atoms with E-state index in [1.807, 2.05) is 40.9 Å². The fraction of sp³-hybridized carbons (Fsp3) is 0. The number of para-hydroxylation sites is 4. The molecule has 6 heteroatoms. The van der Waals surface area contributed by atoms with Gasteiger partial charge in [-0.2, -0.15) is 0 Å². The van der Waals surface area contributed by atoms with Gasteiger partial charge in [-0.05, 0) is 71.4 Å². The molecule has 0 atom stereocenters. The van der Waals surface area contributed by atoms with E-state index in [4.69, 9.17) is 15.1 Å². The summed E-state index contributed by atoms with van der Waals surface area (Å²) in [5.74, 6) is 0.648. The number of rotatable bonds is 4. The highest BCUT2D eigenvalue weighted by atomic mass is 15.3. The Labute approximate surface area is 314 Å². The average Bonchev–Trinajstić information content (AvgIpc) is 3.94. The third-order valence-corrected chi connectivity index (χ3v) is 11.0. The Kier molecular flexibility index (Phi) is 6.24. The van der Waals surface area contributed by atoms with E-state index in [1.165, 1.54) is 48.9 Å². The molecule has 0 aliphatic rings. The second-order valence-electron chi connectivity index (χ2n) is 14.1.